The smallest absolute Gasteiger partial charge is 0.115 e. The van der Waals surface area contributed by atoms with Crippen molar-refractivity contribution in [2.45, 2.75) is 45.1 Å². The summed E-state index contributed by atoms with van der Waals surface area (Å²) in [5, 5.41) is 3.45. The van der Waals surface area contributed by atoms with Crippen LogP contribution in [-0.4, -0.2) is 22.6 Å². The zero-order chi connectivity index (χ0) is 14.9. The fourth-order valence-corrected chi connectivity index (χ4v) is 2.44. The average molecular weight is 285 g/mol. The van der Waals surface area contributed by atoms with Gasteiger partial charge in [-0.25, -0.2) is 4.98 Å². The van der Waals surface area contributed by atoms with Gasteiger partial charge in [-0.1, -0.05) is 20.8 Å². The van der Waals surface area contributed by atoms with Crippen LogP contribution in [0.1, 0.15) is 39.4 Å². The molecule has 0 saturated carbocycles. The van der Waals surface area contributed by atoms with Crippen molar-refractivity contribution in [1.82, 2.24) is 9.97 Å². The summed E-state index contributed by atoms with van der Waals surface area (Å²) < 4.78 is 5.57. The summed E-state index contributed by atoms with van der Waals surface area (Å²) in [6.07, 6.45) is 6.31. The number of benzene rings is 1. The molecule has 0 aliphatic carbocycles. The molecule has 3 rings (SSSR count). The van der Waals surface area contributed by atoms with Crippen LogP contribution >= 0.6 is 0 Å². The Morgan fingerprint density at radius 1 is 1.38 bits per heavy atom. The molecule has 21 heavy (non-hydrogen) atoms. The van der Waals surface area contributed by atoms with Gasteiger partial charge in [0.05, 0.1) is 23.8 Å². The summed E-state index contributed by atoms with van der Waals surface area (Å²) in [7, 11) is 0. The Balaban J connectivity index is 1.73. The molecule has 1 aromatic heterocycles. The van der Waals surface area contributed by atoms with Crippen LogP contribution in [0.5, 0.6) is 0 Å². The van der Waals surface area contributed by atoms with E-state index in [1.165, 1.54) is 0 Å². The number of imidazole rings is 1. The zero-order valence-corrected chi connectivity index (χ0v) is 12.9. The Morgan fingerprint density at radius 3 is 2.95 bits per heavy atom. The Bertz CT molecular complexity index is 652. The molecule has 1 aliphatic rings. The van der Waals surface area contributed by atoms with Crippen molar-refractivity contribution in [3.8, 4) is 0 Å². The largest absolute Gasteiger partial charge is 0.497 e. The van der Waals surface area contributed by atoms with E-state index >= 15 is 0 Å². The Kier molecular flexibility index (Phi) is 3.62. The van der Waals surface area contributed by atoms with Gasteiger partial charge in [0, 0.05) is 11.1 Å². The van der Waals surface area contributed by atoms with Crippen LogP contribution in [0.4, 0.5) is 5.69 Å². The lowest BCUT2D eigenvalue weighted by atomic mass is 9.96. The van der Waals surface area contributed by atoms with Crippen LogP contribution in [0, 0.1) is 0 Å². The molecule has 1 atom stereocenters. The monoisotopic (exact) mass is 285 g/mol. The summed E-state index contributed by atoms with van der Waals surface area (Å²) in [5.74, 6) is 1.02. The molecule has 1 aromatic carbocycles. The molecule has 4 heteroatoms. The minimum atomic E-state index is 0.0366. The number of nitrogens with zero attached hydrogens (tertiary/aromatic N) is 1. The van der Waals surface area contributed by atoms with Crippen molar-refractivity contribution in [2.24, 2.45) is 0 Å². The zero-order valence-electron chi connectivity index (χ0n) is 12.9. The molecule has 112 valence electrons. The second-order valence-corrected chi connectivity index (χ2v) is 6.66. The van der Waals surface area contributed by atoms with Gasteiger partial charge < -0.3 is 15.0 Å². The lowest BCUT2D eigenvalue weighted by molar-refractivity contribution is 0.135. The van der Waals surface area contributed by atoms with Crippen molar-refractivity contribution in [3.63, 3.8) is 0 Å². The van der Waals surface area contributed by atoms with Crippen LogP contribution in [0.2, 0.25) is 0 Å². The van der Waals surface area contributed by atoms with E-state index in [-0.39, 0.29) is 11.5 Å². The van der Waals surface area contributed by atoms with Gasteiger partial charge in [0.25, 0.3) is 0 Å². The summed E-state index contributed by atoms with van der Waals surface area (Å²) in [4.78, 5) is 8.08. The van der Waals surface area contributed by atoms with Crippen LogP contribution < -0.4 is 5.32 Å². The van der Waals surface area contributed by atoms with Gasteiger partial charge in [0.15, 0.2) is 0 Å². The topological polar surface area (TPSA) is 49.9 Å². The van der Waals surface area contributed by atoms with E-state index < -0.39 is 0 Å². The second kappa shape index (κ2) is 5.43. The first-order valence-corrected chi connectivity index (χ1v) is 7.57. The number of nitrogens with one attached hydrogen (secondary N) is 2. The number of aromatic nitrogens is 2. The normalized spacial score (nSPS) is 18.7. The van der Waals surface area contributed by atoms with E-state index in [1.807, 2.05) is 6.26 Å². The molecule has 0 amide bonds. The van der Waals surface area contributed by atoms with E-state index in [9.17, 15) is 0 Å². The highest BCUT2D eigenvalue weighted by atomic mass is 16.5. The SMILES string of the molecule is CC(C)(C)c1nc2ccc(NCC3CCC=CO3)cc2[nH]1. The van der Waals surface area contributed by atoms with Gasteiger partial charge in [0.2, 0.25) is 0 Å². The van der Waals surface area contributed by atoms with Crippen molar-refractivity contribution >= 4 is 16.7 Å². The highest BCUT2D eigenvalue weighted by Gasteiger charge is 2.18. The fraction of sp³-hybridized carbons (Fsp3) is 0.471. The number of rotatable bonds is 3. The lowest BCUT2D eigenvalue weighted by Crippen LogP contribution is -2.22. The first kappa shape index (κ1) is 14.0. The number of ether oxygens (including phenoxy) is 1. The molecule has 0 radical (unpaired) electrons. The Morgan fingerprint density at radius 2 is 2.24 bits per heavy atom. The lowest BCUT2D eigenvalue weighted by Gasteiger charge is -2.20. The molecule has 2 aromatic rings. The number of fused-ring (bicyclic) bond motifs is 1. The summed E-state index contributed by atoms with van der Waals surface area (Å²) in [6.45, 7) is 7.32. The van der Waals surface area contributed by atoms with E-state index in [0.29, 0.717) is 0 Å². The van der Waals surface area contributed by atoms with Gasteiger partial charge in [-0.2, -0.15) is 0 Å². The molecule has 0 saturated heterocycles. The predicted octanol–water partition coefficient (Wildman–Crippen LogP) is 3.97. The van der Waals surface area contributed by atoms with Crippen LogP contribution in [0.3, 0.4) is 0 Å². The third kappa shape index (κ3) is 3.20. The van der Waals surface area contributed by atoms with Gasteiger partial charge in [-0.3, -0.25) is 0 Å². The molecule has 1 unspecified atom stereocenters. The number of anilines is 1. The van der Waals surface area contributed by atoms with Crippen molar-refractivity contribution < 1.29 is 4.74 Å². The minimum Gasteiger partial charge on any atom is -0.497 e. The molecule has 2 heterocycles. The van der Waals surface area contributed by atoms with Crippen LogP contribution in [-0.2, 0) is 10.2 Å². The van der Waals surface area contributed by atoms with E-state index in [0.717, 1.165) is 41.9 Å². The van der Waals surface area contributed by atoms with Gasteiger partial charge >= 0.3 is 0 Å². The van der Waals surface area contributed by atoms with Gasteiger partial charge in [0.1, 0.15) is 11.9 Å². The molecule has 2 N–H and O–H groups in total. The molecule has 0 fully saturated rings. The van der Waals surface area contributed by atoms with E-state index in [2.05, 4.69) is 60.3 Å². The van der Waals surface area contributed by atoms with E-state index in [4.69, 9.17) is 4.74 Å². The van der Waals surface area contributed by atoms with E-state index in [1.54, 1.807) is 0 Å². The van der Waals surface area contributed by atoms with Crippen molar-refractivity contribution in [2.75, 3.05) is 11.9 Å². The maximum atomic E-state index is 5.57. The highest BCUT2D eigenvalue weighted by Crippen LogP contribution is 2.24. The Labute approximate surface area is 125 Å². The average Bonchev–Trinajstić information content (AvgIpc) is 2.89. The summed E-state index contributed by atoms with van der Waals surface area (Å²) in [6, 6.07) is 6.26. The maximum Gasteiger partial charge on any atom is 0.115 e. The molecule has 4 nitrogen and oxygen atoms in total. The third-order valence-corrected chi connectivity index (χ3v) is 3.75. The predicted molar refractivity (Wildman–Crippen MR) is 86.5 cm³/mol. The Hall–Kier alpha value is -1.97. The number of aromatic amines is 1. The minimum absolute atomic E-state index is 0.0366. The number of H-pyrrole nitrogens is 1. The molecule has 1 aliphatic heterocycles. The van der Waals surface area contributed by atoms with Crippen LogP contribution in [0.15, 0.2) is 30.5 Å². The number of hydrogen-bond donors (Lipinski definition) is 2. The molecule has 0 bridgehead atoms. The highest BCUT2D eigenvalue weighted by molar-refractivity contribution is 5.79. The van der Waals surface area contributed by atoms with Crippen molar-refractivity contribution in [1.29, 1.82) is 0 Å². The number of hydrogen-bond acceptors (Lipinski definition) is 3. The quantitative estimate of drug-likeness (QED) is 0.897. The summed E-state index contributed by atoms with van der Waals surface area (Å²) in [5.41, 5.74) is 3.23. The molecular weight excluding hydrogens is 262 g/mol. The molecular formula is C17H23N3O. The van der Waals surface area contributed by atoms with Gasteiger partial charge in [-0.05, 0) is 37.1 Å². The first-order valence-electron chi connectivity index (χ1n) is 7.57. The van der Waals surface area contributed by atoms with Crippen LogP contribution in [0.25, 0.3) is 11.0 Å². The fourth-order valence-electron chi connectivity index (χ4n) is 2.44. The number of allylic oxidation sites excluding steroid dienone is 1. The standard InChI is InChI=1S/C17H23N3O/c1-17(2,3)16-19-14-8-7-12(10-15(14)20-16)18-11-13-6-4-5-9-21-13/h5,7-10,13,18H,4,6,11H2,1-3H3,(H,19,20). The first-order chi connectivity index (χ1) is 10.0. The van der Waals surface area contributed by atoms with Crippen molar-refractivity contribution in [3.05, 3.63) is 36.4 Å². The maximum absolute atomic E-state index is 5.57. The van der Waals surface area contributed by atoms with Gasteiger partial charge in [-0.15, -0.1) is 0 Å². The molecule has 0 spiro atoms. The third-order valence-electron chi connectivity index (χ3n) is 3.75. The second-order valence-electron chi connectivity index (χ2n) is 6.66. The summed E-state index contributed by atoms with van der Waals surface area (Å²) >= 11 is 0.